The molecule has 0 aliphatic carbocycles. The minimum Gasteiger partial charge on any atom is -0.382 e. The lowest BCUT2D eigenvalue weighted by Gasteiger charge is -2.15. The first-order valence-electron chi connectivity index (χ1n) is 5.31. The maximum atomic E-state index is 11.9. The van der Waals surface area contributed by atoms with Gasteiger partial charge in [0.1, 0.15) is 5.15 Å². The van der Waals surface area contributed by atoms with E-state index in [4.69, 9.17) is 11.6 Å². The summed E-state index contributed by atoms with van der Waals surface area (Å²) < 4.78 is 35.8. The van der Waals surface area contributed by atoms with Crippen molar-refractivity contribution in [1.29, 1.82) is 0 Å². The second-order valence-corrected chi connectivity index (χ2v) is 4.31. The number of pyridine rings is 1. The Hall–Kier alpha value is -0.970. The summed E-state index contributed by atoms with van der Waals surface area (Å²) in [4.78, 5) is 3.82. The molecule has 1 rings (SSSR count). The molecule has 1 aromatic heterocycles. The quantitative estimate of drug-likeness (QED) is 0.805. The second-order valence-electron chi connectivity index (χ2n) is 3.92. The molecule has 17 heavy (non-hydrogen) atoms. The van der Waals surface area contributed by atoms with Crippen molar-refractivity contribution in [3.8, 4) is 0 Å². The average molecular weight is 267 g/mol. The Bertz CT molecular complexity index is 355. The molecular weight excluding hydrogens is 253 g/mol. The van der Waals surface area contributed by atoms with Crippen LogP contribution in [0.5, 0.6) is 0 Å². The van der Waals surface area contributed by atoms with E-state index in [9.17, 15) is 13.2 Å². The van der Waals surface area contributed by atoms with Crippen molar-refractivity contribution in [3.05, 3.63) is 23.5 Å². The van der Waals surface area contributed by atoms with E-state index in [1.54, 1.807) is 18.3 Å². The molecule has 1 atom stereocenters. The van der Waals surface area contributed by atoms with Gasteiger partial charge in [-0.25, -0.2) is 4.98 Å². The number of hydrogen-bond acceptors (Lipinski definition) is 2. The highest BCUT2D eigenvalue weighted by Gasteiger charge is 2.26. The van der Waals surface area contributed by atoms with Crippen LogP contribution in [0.3, 0.4) is 0 Å². The summed E-state index contributed by atoms with van der Waals surface area (Å²) >= 11 is 5.69. The third-order valence-corrected chi connectivity index (χ3v) is 2.44. The molecule has 2 nitrogen and oxygen atoms in total. The second kappa shape index (κ2) is 6.10. The highest BCUT2D eigenvalue weighted by molar-refractivity contribution is 6.29. The summed E-state index contributed by atoms with van der Waals surface area (Å²) in [6.07, 6.45) is -2.68. The molecule has 0 saturated carbocycles. The smallest absolute Gasteiger partial charge is 0.382 e. The topological polar surface area (TPSA) is 24.9 Å². The van der Waals surface area contributed by atoms with Crippen LogP contribution in [0.2, 0.25) is 5.15 Å². The largest absolute Gasteiger partial charge is 0.389 e. The predicted octanol–water partition coefficient (Wildman–Crippen LogP) is 4.27. The summed E-state index contributed by atoms with van der Waals surface area (Å²) in [7, 11) is 0. The van der Waals surface area contributed by atoms with Crippen LogP contribution >= 0.6 is 11.6 Å². The molecule has 0 aliphatic rings. The molecule has 1 aromatic rings. The molecule has 1 unspecified atom stereocenters. The van der Waals surface area contributed by atoms with Gasteiger partial charge in [0.05, 0.1) is 0 Å². The van der Waals surface area contributed by atoms with Gasteiger partial charge in [0.25, 0.3) is 0 Å². The van der Waals surface area contributed by atoms with Gasteiger partial charge in [-0.1, -0.05) is 11.6 Å². The molecule has 96 valence electrons. The van der Waals surface area contributed by atoms with E-state index in [0.29, 0.717) is 11.6 Å². The monoisotopic (exact) mass is 266 g/mol. The van der Waals surface area contributed by atoms with Crippen molar-refractivity contribution in [2.45, 2.75) is 38.4 Å². The van der Waals surface area contributed by atoms with E-state index in [2.05, 4.69) is 10.3 Å². The van der Waals surface area contributed by atoms with Gasteiger partial charge < -0.3 is 5.32 Å². The van der Waals surface area contributed by atoms with Crippen molar-refractivity contribution >= 4 is 17.3 Å². The third-order valence-electron chi connectivity index (χ3n) is 2.24. The molecule has 0 radical (unpaired) electrons. The van der Waals surface area contributed by atoms with Crippen LogP contribution in [0.15, 0.2) is 18.3 Å². The molecular formula is C11H14ClF3N2. The van der Waals surface area contributed by atoms with Crippen LogP contribution in [-0.4, -0.2) is 17.2 Å². The van der Waals surface area contributed by atoms with Gasteiger partial charge in [0.15, 0.2) is 0 Å². The van der Waals surface area contributed by atoms with Gasteiger partial charge in [-0.15, -0.1) is 0 Å². The first-order valence-corrected chi connectivity index (χ1v) is 5.69. The summed E-state index contributed by atoms with van der Waals surface area (Å²) in [6, 6.07) is 3.34. The van der Waals surface area contributed by atoms with Crippen molar-refractivity contribution < 1.29 is 13.2 Å². The maximum absolute atomic E-state index is 11.9. The van der Waals surface area contributed by atoms with Gasteiger partial charge in [0, 0.05) is 24.3 Å². The minimum absolute atomic E-state index is 0.0317. The van der Waals surface area contributed by atoms with E-state index < -0.39 is 12.6 Å². The molecule has 0 saturated heterocycles. The summed E-state index contributed by atoms with van der Waals surface area (Å²) in [5.74, 6) is 0. The Kier molecular flexibility index (Phi) is 5.05. The van der Waals surface area contributed by atoms with Crippen molar-refractivity contribution in [2.75, 3.05) is 5.32 Å². The van der Waals surface area contributed by atoms with Gasteiger partial charge in [0.2, 0.25) is 0 Å². The number of aromatic nitrogens is 1. The highest BCUT2D eigenvalue weighted by Crippen LogP contribution is 2.23. The zero-order valence-electron chi connectivity index (χ0n) is 9.39. The number of hydrogen-bond donors (Lipinski definition) is 1. The lowest BCUT2D eigenvalue weighted by molar-refractivity contribution is -0.135. The van der Waals surface area contributed by atoms with Crippen LogP contribution in [0.1, 0.15) is 26.2 Å². The third kappa shape index (κ3) is 6.36. The molecule has 0 aromatic carbocycles. The first-order chi connectivity index (χ1) is 7.87. The Labute approximate surface area is 103 Å². The van der Waals surface area contributed by atoms with Crippen LogP contribution in [0, 0.1) is 0 Å². The number of anilines is 1. The Morgan fingerprint density at radius 3 is 2.76 bits per heavy atom. The highest BCUT2D eigenvalue weighted by atomic mass is 35.5. The number of halogens is 4. The van der Waals surface area contributed by atoms with Crippen molar-refractivity contribution in [2.24, 2.45) is 0 Å². The Morgan fingerprint density at radius 2 is 2.18 bits per heavy atom. The molecule has 1 N–H and O–H groups in total. The van der Waals surface area contributed by atoms with Crippen molar-refractivity contribution in [3.63, 3.8) is 0 Å². The van der Waals surface area contributed by atoms with Crippen molar-refractivity contribution in [1.82, 2.24) is 4.98 Å². The summed E-state index contributed by atoms with van der Waals surface area (Å²) in [5.41, 5.74) is 0.768. The van der Waals surface area contributed by atoms with Crippen LogP contribution in [0.25, 0.3) is 0 Å². The predicted molar refractivity (Wildman–Crippen MR) is 62.2 cm³/mol. The van der Waals surface area contributed by atoms with E-state index in [0.717, 1.165) is 5.69 Å². The fourth-order valence-electron chi connectivity index (χ4n) is 1.46. The SMILES string of the molecule is CC(CCCC(F)(F)F)Nc1ccnc(Cl)c1. The van der Waals surface area contributed by atoms with Gasteiger partial charge in [-0.3, -0.25) is 0 Å². The van der Waals surface area contributed by atoms with Crippen LogP contribution < -0.4 is 5.32 Å². The Morgan fingerprint density at radius 1 is 1.47 bits per heavy atom. The lowest BCUT2D eigenvalue weighted by Crippen LogP contribution is -2.16. The average Bonchev–Trinajstić information content (AvgIpc) is 2.15. The molecule has 6 heteroatoms. The molecule has 0 fully saturated rings. The molecule has 1 heterocycles. The van der Waals surface area contributed by atoms with Crippen LogP contribution in [0.4, 0.5) is 18.9 Å². The minimum atomic E-state index is -4.07. The summed E-state index contributed by atoms with van der Waals surface area (Å²) in [5, 5.41) is 3.44. The maximum Gasteiger partial charge on any atom is 0.389 e. The first kappa shape index (κ1) is 14.1. The Balaban J connectivity index is 2.32. The van der Waals surface area contributed by atoms with Gasteiger partial charge in [-0.05, 0) is 31.9 Å². The molecule has 0 bridgehead atoms. The standard InChI is InChI=1S/C11H14ClF3N2/c1-8(3-2-5-11(13,14)15)17-9-4-6-16-10(12)7-9/h4,6-8H,2-3,5H2,1H3,(H,16,17). The van der Waals surface area contributed by atoms with Crippen LogP contribution in [-0.2, 0) is 0 Å². The zero-order chi connectivity index (χ0) is 12.9. The van der Waals surface area contributed by atoms with E-state index in [1.165, 1.54) is 0 Å². The molecule has 0 amide bonds. The zero-order valence-corrected chi connectivity index (χ0v) is 10.1. The van der Waals surface area contributed by atoms with E-state index >= 15 is 0 Å². The fourth-order valence-corrected chi connectivity index (χ4v) is 1.63. The number of nitrogens with one attached hydrogen (secondary N) is 1. The summed E-state index contributed by atoms with van der Waals surface area (Å²) in [6.45, 7) is 1.84. The van der Waals surface area contributed by atoms with E-state index in [-0.39, 0.29) is 12.5 Å². The number of alkyl halides is 3. The molecule has 0 aliphatic heterocycles. The lowest BCUT2D eigenvalue weighted by atomic mass is 10.1. The molecule has 0 spiro atoms. The number of rotatable bonds is 5. The van der Waals surface area contributed by atoms with Gasteiger partial charge in [-0.2, -0.15) is 13.2 Å². The normalized spacial score (nSPS) is 13.5. The van der Waals surface area contributed by atoms with Gasteiger partial charge >= 0.3 is 6.18 Å². The number of nitrogens with zero attached hydrogens (tertiary/aromatic N) is 1. The fraction of sp³-hybridized carbons (Fsp3) is 0.545. The van der Waals surface area contributed by atoms with E-state index in [1.807, 2.05) is 6.92 Å².